The Bertz CT molecular complexity index is 636. The standard InChI is InChI=1S/C15H16F3N3/c1-9(2)14-20-12(8-13(19-3)21-14)10-5-4-6-11(7-10)15(16,17)18/h4-9H,1-3H3,(H,19,20,21). The lowest BCUT2D eigenvalue weighted by Gasteiger charge is -2.12. The average molecular weight is 295 g/mol. The third kappa shape index (κ3) is 3.51. The van der Waals surface area contributed by atoms with Crippen LogP contribution in [0.3, 0.4) is 0 Å². The first-order chi connectivity index (χ1) is 9.81. The number of nitrogens with zero attached hydrogens (tertiary/aromatic N) is 2. The molecule has 0 saturated carbocycles. The van der Waals surface area contributed by atoms with E-state index in [0.717, 1.165) is 12.1 Å². The van der Waals surface area contributed by atoms with E-state index in [0.29, 0.717) is 22.9 Å². The molecule has 0 saturated heterocycles. The molecular weight excluding hydrogens is 279 g/mol. The van der Waals surface area contributed by atoms with Gasteiger partial charge in [-0.05, 0) is 12.1 Å². The van der Waals surface area contributed by atoms with Gasteiger partial charge >= 0.3 is 6.18 Å². The molecule has 3 nitrogen and oxygen atoms in total. The van der Waals surface area contributed by atoms with Gasteiger partial charge in [-0.2, -0.15) is 13.2 Å². The second-order valence-corrected chi connectivity index (χ2v) is 4.98. The van der Waals surface area contributed by atoms with Gasteiger partial charge < -0.3 is 5.32 Å². The van der Waals surface area contributed by atoms with Crippen LogP contribution < -0.4 is 5.32 Å². The molecule has 0 fully saturated rings. The second kappa shape index (κ2) is 5.71. The van der Waals surface area contributed by atoms with Crippen molar-refractivity contribution in [3.05, 3.63) is 41.7 Å². The normalized spacial score (nSPS) is 11.8. The van der Waals surface area contributed by atoms with Crippen molar-refractivity contribution < 1.29 is 13.2 Å². The Morgan fingerprint density at radius 1 is 1.10 bits per heavy atom. The molecule has 1 heterocycles. The molecule has 0 spiro atoms. The van der Waals surface area contributed by atoms with E-state index in [1.807, 2.05) is 13.8 Å². The number of hydrogen-bond donors (Lipinski definition) is 1. The summed E-state index contributed by atoms with van der Waals surface area (Å²) in [6.45, 7) is 3.87. The summed E-state index contributed by atoms with van der Waals surface area (Å²) < 4.78 is 38.4. The second-order valence-electron chi connectivity index (χ2n) is 4.98. The molecule has 0 atom stereocenters. The number of anilines is 1. The van der Waals surface area contributed by atoms with Crippen molar-refractivity contribution >= 4 is 5.82 Å². The van der Waals surface area contributed by atoms with Gasteiger partial charge in [0, 0.05) is 24.6 Å². The smallest absolute Gasteiger partial charge is 0.373 e. The molecule has 0 aliphatic heterocycles. The molecule has 0 radical (unpaired) electrons. The fourth-order valence-corrected chi connectivity index (χ4v) is 1.85. The van der Waals surface area contributed by atoms with E-state index in [4.69, 9.17) is 0 Å². The molecule has 0 unspecified atom stereocenters. The Morgan fingerprint density at radius 3 is 2.38 bits per heavy atom. The lowest BCUT2D eigenvalue weighted by molar-refractivity contribution is -0.137. The molecule has 0 bridgehead atoms. The van der Waals surface area contributed by atoms with Crippen LogP contribution in [0.25, 0.3) is 11.3 Å². The first kappa shape index (κ1) is 15.3. The van der Waals surface area contributed by atoms with Gasteiger partial charge in [-0.25, -0.2) is 9.97 Å². The van der Waals surface area contributed by atoms with Crippen molar-refractivity contribution in [1.29, 1.82) is 0 Å². The molecule has 2 rings (SSSR count). The van der Waals surface area contributed by atoms with Gasteiger partial charge in [0.2, 0.25) is 0 Å². The average Bonchev–Trinajstić information content (AvgIpc) is 2.46. The topological polar surface area (TPSA) is 37.8 Å². The molecule has 2 aromatic rings. The zero-order chi connectivity index (χ0) is 15.6. The minimum atomic E-state index is -4.37. The van der Waals surface area contributed by atoms with Crippen LogP contribution in [0.4, 0.5) is 19.0 Å². The van der Waals surface area contributed by atoms with Crippen LogP contribution in [-0.4, -0.2) is 17.0 Å². The number of alkyl halides is 3. The molecule has 1 N–H and O–H groups in total. The minimum absolute atomic E-state index is 0.0860. The number of rotatable bonds is 3. The quantitative estimate of drug-likeness (QED) is 0.916. The molecule has 0 aliphatic rings. The van der Waals surface area contributed by atoms with E-state index in [2.05, 4.69) is 15.3 Å². The zero-order valence-corrected chi connectivity index (χ0v) is 12.0. The maximum atomic E-state index is 12.8. The van der Waals surface area contributed by atoms with Crippen molar-refractivity contribution in [3.63, 3.8) is 0 Å². The number of halogens is 3. The first-order valence-electron chi connectivity index (χ1n) is 6.55. The molecule has 21 heavy (non-hydrogen) atoms. The molecule has 0 amide bonds. The number of hydrogen-bond acceptors (Lipinski definition) is 3. The highest BCUT2D eigenvalue weighted by atomic mass is 19.4. The van der Waals surface area contributed by atoms with Crippen LogP contribution in [0.1, 0.15) is 31.2 Å². The van der Waals surface area contributed by atoms with Crippen LogP contribution in [0.2, 0.25) is 0 Å². The van der Waals surface area contributed by atoms with E-state index in [-0.39, 0.29) is 5.92 Å². The van der Waals surface area contributed by atoms with E-state index in [1.165, 1.54) is 6.07 Å². The van der Waals surface area contributed by atoms with Crippen LogP contribution >= 0.6 is 0 Å². The number of nitrogens with one attached hydrogen (secondary N) is 1. The van der Waals surface area contributed by atoms with Gasteiger partial charge in [-0.15, -0.1) is 0 Å². The fraction of sp³-hybridized carbons (Fsp3) is 0.333. The number of benzene rings is 1. The highest BCUT2D eigenvalue weighted by molar-refractivity contribution is 5.63. The van der Waals surface area contributed by atoms with Crippen LogP contribution in [-0.2, 0) is 6.18 Å². The summed E-state index contributed by atoms with van der Waals surface area (Å²) in [5, 5.41) is 2.90. The number of aromatic nitrogens is 2. The molecule has 1 aromatic carbocycles. The molecule has 1 aromatic heterocycles. The zero-order valence-electron chi connectivity index (χ0n) is 12.0. The van der Waals surface area contributed by atoms with E-state index < -0.39 is 11.7 Å². The third-order valence-corrected chi connectivity index (χ3v) is 3.00. The van der Waals surface area contributed by atoms with Gasteiger partial charge in [-0.3, -0.25) is 0 Å². The molecule has 0 aliphatic carbocycles. The van der Waals surface area contributed by atoms with Crippen LogP contribution in [0.15, 0.2) is 30.3 Å². The minimum Gasteiger partial charge on any atom is -0.373 e. The van der Waals surface area contributed by atoms with Gasteiger partial charge in [0.15, 0.2) is 0 Å². The summed E-state index contributed by atoms with van der Waals surface area (Å²) in [6, 6.07) is 6.79. The van der Waals surface area contributed by atoms with Gasteiger partial charge in [0.25, 0.3) is 0 Å². The van der Waals surface area contributed by atoms with Crippen LogP contribution in [0.5, 0.6) is 0 Å². The first-order valence-corrected chi connectivity index (χ1v) is 6.55. The Balaban J connectivity index is 2.53. The predicted octanol–water partition coefficient (Wildman–Crippen LogP) is 4.33. The Labute approximate surface area is 121 Å². The molecule has 6 heteroatoms. The predicted molar refractivity (Wildman–Crippen MR) is 76.1 cm³/mol. The van der Waals surface area contributed by atoms with Gasteiger partial charge in [0.05, 0.1) is 11.3 Å². The largest absolute Gasteiger partial charge is 0.416 e. The summed E-state index contributed by atoms with van der Waals surface area (Å²) in [6.07, 6.45) is -4.37. The highest BCUT2D eigenvalue weighted by Gasteiger charge is 2.30. The third-order valence-electron chi connectivity index (χ3n) is 3.00. The lowest BCUT2D eigenvalue weighted by Crippen LogP contribution is -2.06. The summed E-state index contributed by atoms with van der Waals surface area (Å²) in [5.41, 5.74) is 0.213. The van der Waals surface area contributed by atoms with Crippen molar-refractivity contribution in [2.24, 2.45) is 0 Å². The van der Waals surface area contributed by atoms with E-state index >= 15 is 0 Å². The summed E-state index contributed by atoms with van der Waals surface area (Å²) >= 11 is 0. The Hall–Kier alpha value is -2.11. The summed E-state index contributed by atoms with van der Waals surface area (Å²) in [4.78, 5) is 8.66. The van der Waals surface area contributed by atoms with Crippen LogP contribution in [0, 0.1) is 0 Å². The highest BCUT2D eigenvalue weighted by Crippen LogP contribution is 2.32. The summed E-state index contributed by atoms with van der Waals surface area (Å²) in [7, 11) is 1.71. The Kier molecular flexibility index (Phi) is 4.16. The van der Waals surface area contributed by atoms with Crippen molar-refractivity contribution in [1.82, 2.24) is 9.97 Å². The lowest BCUT2D eigenvalue weighted by atomic mass is 10.1. The monoisotopic (exact) mass is 295 g/mol. The molecular formula is C15H16F3N3. The fourth-order valence-electron chi connectivity index (χ4n) is 1.85. The van der Waals surface area contributed by atoms with Crippen molar-refractivity contribution in [2.75, 3.05) is 12.4 Å². The van der Waals surface area contributed by atoms with Gasteiger partial charge in [0.1, 0.15) is 11.6 Å². The Morgan fingerprint density at radius 2 is 1.81 bits per heavy atom. The van der Waals surface area contributed by atoms with Gasteiger partial charge in [-0.1, -0.05) is 26.0 Å². The SMILES string of the molecule is CNc1cc(-c2cccc(C(F)(F)F)c2)nc(C(C)C)n1. The van der Waals surface area contributed by atoms with E-state index in [1.54, 1.807) is 19.2 Å². The maximum Gasteiger partial charge on any atom is 0.416 e. The van der Waals surface area contributed by atoms with Crippen molar-refractivity contribution in [2.45, 2.75) is 25.9 Å². The summed E-state index contributed by atoms with van der Waals surface area (Å²) in [5.74, 6) is 1.26. The van der Waals surface area contributed by atoms with E-state index in [9.17, 15) is 13.2 Å². The molecule has 112 valence electrons. The van der Waals surface area contributed by atoms with Crippen molar-refractivity contribution in [3.8, 4) is 11.3 Å². The maximum absolute atomic E-state index is 12.8.